The van der Waals surface area contributed by atoms with Gasteiger partial charge in [0.15, 0.2) is 0 Å². The minimum absolute atomic E-state index is 0.188. The van der Waals surface area contributed by atoms with E-state index < -0.39 is 0 Å². The van der Waals surface area contributed by atoms with Crippen molar-refractivity contribution in [2.75, 3.05) is 6.54 Å². The molecular formula is C16H18FN. The van der Waals surface area contributed by atoms with Crippen LogP contribution in [-0.2, 0) is 6.54 Å². The lowest BCUT2D eigenvalue weighted by molar-refractivity contribution is 0.628. The van der Waals surface area contributed by atoms with Gasteiger partial charge in [-0.05, 0) is 47.9 Å². The summed E-state index contributed by atoms with van der Waals surface area (Å²) < 4.78 is 13.3. The molecule has 1 nitrogen and oxygen atoms in total. The van der Waals surface area contributed by atoms with Crippen LogP contribution in [0.25, 0.3) is 11.1 Å². The molecule has 0 aliphatic rings. The van der Waals surface area contributed by atoms with Crippen LogP contribution in [-0.4, -0.2) is 6.54 Å². The molecule has 2 heteroatoms. The van der Waals surface area contributed by atoms with E-state index in [1.165, 1.54) is 11.6 Å². The van der Waals surface area contributed by atoms with E-state index in [1.807, 2.05) is 13.0 Å². The summed E-state index contributed by atoms with van der Waals surface area (Å²) in [6.07, 6.45) is 0. The summed E-state index contributed by atoms with van der Waals surface area (Å²) >= 11 is 0. The number of rotatable bonds is 4. The van der Waals surface area contributed by atoms with Crippen molar-refractivity contribution in [1.29, 1.82) is 0 Å². The first-order valence-electron chi connectivity index (χ1n) is 6.27. The second-order valence-corrected chi connectivity index (χ2v) is 4.44. The Morgan fingerprint density at radius 3 is 2.44 bits per heavy atom. The second-order valence-electron chi connectivity index (χ2n) is 4.44. The quantitative estimate of drug-likeness (QED) is 0.858. The molecule has 18 heavy (non-hydrogen) atoms. The van der Waals surface area contributed by atoms with Crippen LogP contribution in [0.3, 0.4) is 0 Å². The van der Waals surface area contributed by atoms with E-state index in [1.54, 1.807) is 6.07 Å². The number of benzene rings is 2. The van der Waals surface area contributed by atoms with E-state index in [0.717, 1.165) is 29.8 Å². The molecule has 1 N–H and O–H groups in total. The standard InChI is InChI=1S/C16H18FN/c1-3-18-11-13-5-7-14(8-6-13)16-10-15(17)9-4-12(16)2/h4-10,18H,3,11H2,1-2H3. The van der Waals surface area contributed by atoms with Gasteiger partial charge in [-0.25, -0.2) is 4.39 Å². The zero-order chi connectivity index (χ0) is 13.0. The molecule has 0 saturated heterocycles. The van der Waals surface area contributed by atoms with E-state index in [-0.39, 0.29) is 5.82 Å². The van der Waals surface area contributed by atoms with Crippen LogP contribution in [0.5, 0.6) is 0 Å². The van der Waals surface area contributed by atoms with Crippen LogP contribution < -0.4 is 5.32 Å². The Hall–Kier alpha value is -1.67. The molecule has 2 aromatic rings. The largest absolute Gasteiger partial charge is 0.313 e. The van der Waals surface area contributed by atoms with Gasteiger partial charge in [0.05, 0.1) is 0 Å². The van der Waals surface area contributed by atoms with Crippen molar-refractivity contribution in [3.8, 4) is 11.1 Å². The van der Waals surface area contributed by atoms with Crippen molar-refractivity contribution >= 4 is 0 Å². The molecule has 0 unspecified atom stereocenters. The van der Waals surface area contributed by atoms with Crippen LogP contribution >= 0.6 is 0 Å². The highest BCUT2D eigenvalue weighted by Crippen LogP contribution is 2.24. The molecule has 0 spiro atoms. The minimum Gasteiger partial charge on any atom is -0.313 e. The normalized spacial score (nSPS) is 10.6. The molecule has 0 aliphatic heterocycles. The fourth-order valence-electron chi connectivity index (χ4n) is 1.98. The zero-order valence-corrected chi connectivity index (χ0v) is 10.8. The maximum Gasteiger partial charge on any atom is 0.123 e. The van der Waals surface area contributed by atoms with Crippen molar-refractivity contribution in [2.24, 2.45) is 0 Å². The molecule has 94 valence electrons. The van der Waals surface area contributed by atoms with Gasteiger partial charge in [0, 0.05) is 6.54 Å². The Labute approximate surface area is 108 Å². The van der Waals surface area contributed by atoms with Gasteiger partial charge < -0.3 is 5.32 Å². The fourth-order valence-corrected chi connectivity index (χ4v) is 1.98. The molecule has 0 aromatic heterocycles. The van der Waals surface area contributed by atoms with Crippen molar-refractivity contribution in [3.63, 3.8) is 0 Å². The number of hydrogen-bond donors (Lipinski definition) is 1. The van der Waals surface area contributed by atoms with Crippen molar-refractivity contribution in [3.05, 3.63) is 59.4 Å². The Morgan fingerprint density at radius 2 is 1.78 bits per heavy atom. The molecule has 0 heterocycles. The lowest BCUT2D eigenvalue weighted by Crippen LogP contribution is -2.11. The maximum absolute atomic E-state index is 13.3. The lowest BCUT2D eigenvalue weighted by Gasteiger charge is -2.08. The Morgan fingerprint density at radius 1 is 1.06 bits per heavy atom. The summed E-state index contributed by atoms with van der Waals surface area (Å²) in [6, 6.07) is 13.2. The third-order valence-corrected chi connectivity index (χ3v) is 3.04. The highest BCUT2D eigenvalue weighted by Gasteiger charge is 2.03. The molecule has 0 amide bonds. The minimum atomic E-state index is -0.188. The van der Waals surface area contributed by atoms with Gasteiger partial charge >= 0.3 is 0 Å². The molecule has 0 fully saturated rings. The van der Waals surface area contributed by atoms with Gasteiger partial charge in [0.2, 0.25) is 0 Å². The highest BCUT2D eigenvalue weighted by atomic mass is 19.1. The van der Waals surface area contributed by atoms with E-state index in [2.05, 4.69) is 36.5 Å². The van der Waals surface area contributed by atoms with Crippen molar-refractivity contribution in [2.45, 2.75) is 20.4 Å². The van der Waals surface area contributed by atoms with E-state index in [4.69, 9.17) is 0 Å². The van der Waals surface area contributed by atoms with Crippen LogP contribution in [0.2, 0.25) is 0 Å². The van der Waals surface area contributed by atoms with Gasteiger partial charge in [-0.15, -0.1) is 0 Å². The summed E-state index contributed by atoms with van der Waals surface area (Å²) in [7, 11) is 0. The Bertz CT molecular complexity index is 517. The van der Waals surface area contributed by atoms with Crippen LogP contribution in [0.15, 0.2) is 42.5 Å². The second kappa shape index (κ2) is 5.78. The first-order chi connectivity index (χ1) is 8.70. The molecule has 0 atom stereocenters. The third-order valence-electron chi connectivity index (χ3n) is 3.04. The fraction of sp³-hybridized carbons (Fsp3) is 0.250. The first kappa shape index (κ1) is 12.8. The van der Waals surface area contributed by atoms with Gasteiger partial charge in [0.25, 0.3) is 0 Å². The summed E-state index contributed by atoms with van der Waals surface area (Å²) in [6.45, 7) is 5.93. The molecule has 2 rings (SSSR count). The zero-order valence-electron chi connectivity index (χ0n) is 10.8. The van der Waals surface area contributed by atoms with E-state index >= 15 is 0 Å². The predicted molar refractivity (Wildman–Crippen MR) is 74.0 cm³/mol. The van der Waals surface area contributed by atoms with Crippen molar-refractivity contribution in [1.82, 2.24) is 5.32 Å². The summed E-state index contributed by atoms with van der Waals surface area (Å²) in [5, 5.41) is 3.28. The smallest absolute Gasteiger partial charge is 0.123 e. The average molecular weight is 243 g/mol. The molecule has 0 bridgehead atoms. The number of hydrogen-bond acceptors (Lipinski definition) is 1. The van der Waals surface area contributed by atoms with E-state index in [0.29, 0.717) is 0 Å². The average Bonchev–Trinajstić information content (AvgIpc) is 2.40. The summed E-state index contributed by atoms with van der Waals surface area (Å²) in [5.74, 6) is -0.188. The molecule has 0 radical (unpaired) electrons. The molecule has 0 saturated carbocycles. The van der Waals surface area contributed by atoms with Crippen LogP contribution in [0.4, 0.5) is 4.39 Å². The van der Waals surface area contributed by atoms with Gasteiger partial charge in [-0.2, -0.15) is 0 Å². The highest BCUT2D eigenvalue weighted by molar-refractivity contribution is 5.67. The molecular weight excluding hydrogens is 225 g/mol. The monoisotopic (exact) mass is 243 g/mol. The molecule has 0 aliphatic carbocycles. The summed E-state index contributed by atoms with van der Waals surface area (Å²) in [5.41, 5.74) is 4.36. The van der Waals surface area contributed by atoms with Gasteiger partial charge in [0.1, 0.15) is 5.82 Å². The maximum atomic E-state index is 13.3. The Balaban J connectivity index is 2.25. The topological polar surface area (TPSA) is 12.0 Å². The number of halogens is 1. The first-order valence-corrected chi connectivity index (χ1v) is 6.27. The predicted octanol–water partition coefficient (Wildman–Crippen LogP) is 3.91. The van der Waals surface area contributed by atoms with Gasteiger partial charge in [-0.1, -0.05) is 37.3 Å². The summed E-state index contributed by atoms with van der Waals surface area (Å²) in [4.78, 5) is 0. The SMILES string of the molecule is CCNCc1ccc(-c2cc(F)ccc2C)cc1. The van der Waals surface area contributed by atoms with Crippen LogP contribution in [0, 0.1) is 12.7 Å². The molecule has 2 aromatic carbocycles. The third kappa shape index (κ3) is 2.96. The van der Waals surface area contributed by atoms with Crippen molar-refractivity contribution < 1.29 is 4.39 Å². The number of aryl methyl sites for hydroxylation is 1. The van der Waals surface area contributed by atoms with Crippen LogP contribution in [0.1, 0.15) is 18.1 Å². The van der Waals surface area contributed by atoms with E-state index in [9.17, 15) is 4.39 Å². The lowest BCUT2D eigenvalue weighted by atomic mass is 9.99. The van der Waals surface area contributed by atoms with Gasteiger partial charge in [-0.3, -0.25) is 0 Å². The number of nitrogens with one attached hydrogen (secondary N) is 1. The Kier molecular flexibility index (Phi) is 4.11.